The number of hydrogen-bond acceptors (Lipinski definition) is 3. The first kappa shape index (κ1) is 14.8. The number of amides is 2. The number of carbonyl (C=O) groups excluding carboxylic acids is 1. The molecule has 0 spiro atoms. The summed E-state index contributed by atoms with van der Waals surface area (Å²) in [5.41, 5.74) is 0.996. The molecular formula is C18H25N3O2. The van der Waals surface area contributed by atoms with E-state index in [0.717, 1.165) is 29.2 Å². The molecule has 5 nitrogen and oxygen atoms in total. The number of nitrogens with zero attached hydrogens (tertiary/aromatic N) is 1. The van der Waals surface area contributed by atoms with Gasteiger partial charge in [0, 0.05) is 24.8 Å². The number of nitrogens with one attached hydrogen (secondary N) is 2. The number of pyridine rings is 1. The van der Waals surface area contributed by atoms with E-state index in [9.17, 15) is 4.79 Å². The molecule has 2 amide bonds. The number of hydrogen-bond donors (Lipinski definition) is 2. The zero-order chi connectivity index (χ0) is 15.8. The predicted molar refractivity (Wildman–Crippen MR) is 87.0 cm³/mol. The lowest BCUT2D eigenvalue weighted by Gasteiger charge is -2.32. The van der Waals surface area contributed by atoms with Gasteiger partial charge in [0.25, 0.3) is 0 Å². The highest BCUT2D eigenvalue weighted by atomic mass is 16.5. The van der Waals surface area contributed by atoms with Crippen LogP contribution < -0.4 is 15.4 Å². The van der Waals surface area contributed by atoms with Gasteiger partial charge in [-0.05, 0) is 61.0 Å². The number of rotatable bonds is 4. The van der Waals surface area contributed by atoms with E-state index >= 15 is 0 Å². The van der Waals surface area contributed by atoms with E-state index in [2.05, 4.69) is 15.6 Å². The van der Waals surface area contributed by atoms with Gasteiger partial charge in [-0.25, -0.2) is 9.78 Å². The van der Waals surface area contributed by atoms with E-state index in [0.29, 0.717) is 18.5 Å². The van der Waals surface area contributed by atoms with E-state index < -0.39 is 0 Å². The Bertz CT molecular complexity index is 591. The van der Waals surface area contributed by atoms with E-state index in [1.807, 2.05) is 12.1 Å². The van der Waals surface area contributed by atoms with Crippen molar-refractivity contribution < 1.29 is 9.53 Å². The highest BCUT2D eigenvalue weighted by Crippen LogP contribution is 2.58. The summed E-state index contributed by atoms with van der Waals surface area (Å²) >= 11 is 0. The number of ether oxygens (including phenoxy) is 1. The fourth-order valence-electron chi connectivity index (χ4n) is 5.31. The molecule has 124 valence electrons. The zero-order valence-electron chi connectivity index (χ0n) is 13.6. The van der Waals surface area contributed by atoms with Crippen molar-refractivity contribution in [2.75, 3.05) is 7.11 Å². The molecule has 3 saturated carbocycles. The summed E-state index contributed by atoms with van der Waals surface area (Å²) in [6.07, 6.45) is 8.41. The van der Waals surface area contributed by atoms with Crippen molar-refractivity contribution in [3.05, 3.63) is 23.9 Å². The number of aromatic nitrogens is 1. The molecule has 0 aromatic carbocycles. The molecular weight excluding hydrogens is 290 g/mol. The van der Waals surface area contributed by atoms with E-state index in [-0.39, 0.29) is 6.03 Å². The number of fused-ring (bicyclic) bond motifs is 5. The van der Waals surface area contributed by atoms with Crippen molar-refractivity contribution in [1.29, 1.82) is 0 Å². The largest absolute Gasteiger partial charge is 0.481 e. The Hall–Kier alpha value is -1.78. The van der Waals surface area contributed by atoms with E-state index in [1.54, 1.807) is 13.3 Å². The molecule has 23 heavy (non-hydrogen) atoms. The van der Waals surface area contributed by atoms with Crippen LogP contribution in [0.15, 0.2) is 18.3 Å². The Morgan fingerprint density at radius 1 is 1.30 bits per heavy atom. The normalized spacial score (nSPS) is 34.2. The summed E-state index contributed by atoms with van der Waals surface area (Å²) in [4.78, 5) is 16.3. The minimum absolute atomic E-state index is 0.0483. The van der Waals surface area contributed by atoms with Gasteiger partial charge in [0.2, 0.25) is 5.88 Å². The molecule has 3 fully saturated rings. The average molecular weight is 315 g/mol. The molecule has 2 bridgehead atoms. The third-order valence-electron chi connectivity index (χ3n) is 6.21. The molecule has 1 aromatic rings. The molecule has 4 rings (SSSR count). The first-order chi connectivity index (χ1) is 11.2. The quantitative estimate of drug-likeness (QED) is 0.898. The maximum atomic E-state index is 12.2. The van der Waals surface area contributed by atoms with Crippen LogP contribution in [0.4, 0.5) is 4.79 Å². The average Bonchev–Trinajstić information content (AvgIpc) is 3.26. The summed E-state index contributed by atoms with van der Waals surface area (Å²) in [5, 5.41) is 6.19. The standard InChI is InChI=1S/C18H25N3O2/c1-23-17-7-11(5-6-19-17)10-20-18(22)21-16-9-12-8-15(16)14-4-2-3-13(12)14/h5-7,12-16H,2-4,8-10H2,1H3,(H2,20,21,22)/t12-,13+,14+,15+,16-/m1/s1. The molecule has 3 aliphatic rings. The van der Waals surface area contributed by atoms with Crippen molar-refractivity contribution in [3.63, 3.8) is 0 Å². The highest BCUT2D eigenvalue weighted by Gasteiger charge is 2.53. The van der Waals surface area contributed by atoms with Crippen LogP contribution in [0.2, 0.25) is 0 Å². The number of urea groups is 1. The third-order valence-corrected chi connectivity index (χ3v) is 6.21. The van der Waals surface area contributed by atoms with Gasteiger partial charge in [0.05, 0.1) is 7.11 Å². The van der Waals surface area contributed by atoms with E-state index in [4.69, 9.17) is 4.74 Å². The minimum Gasteiger partial charge on any atom is -0.481 e. The fourth-order valence-corrected chi connectivity index (χ4v) is 5.31. The van der Waals surface area contributed by atoms with Crippen LogP contribution >= 0.6 is 0 Å². The zero-order valence-corrected chi connectivity index (χ0v) is 13.6. The first-order valence-corrected chi connectivity index (χ1v) is 8.78. The van der Waals surface area contributed by atoms with Gasteiger partial charge in [0.15, 0.2) is 0 Å². The molecule has 3 aliphatic carbocycles. The van der Waals surface area contributed by atoms with Crippen molar-refractivity contribution in [2.45, 2.75) is 44.7 Å². The van der Waals surface area contributed by atoms with Gasteiger partial charge in [-0.1, -0.05) is 6.42 Å². The number of carbonyl (C=O) groups is 1. The van der Waals surface area contributed by atoms with Crippen LogP contribution in [0.25, 0.3) is 0 Å². The van der Waals surface area contributed by atoms with Crippen LogP contribution in [0.3, 0.4) is 0 Å². The maximum Gasteiger partial charge on any atom is 0.315 e. The van der Waals surface area contributed by atoms with Crippen LogP contribution in [-0.4, -0.2) is 24.2 Å². The van der Waals surface area contributed by atoms with Gasteiger partial charge in [-0.2, -0.15) is 0 Å². The molecule has 0 saturated heterocycles. The lowest BCUT2D eigenvalue weighted by molar-refractivity contribution is 0.197. The summed E-state index contributed by atoms with van der Waals surface area (Å²) in [6.45, 7) is 0.498. The Balaban J connectivity index is 1.29. The van der Waals surface area contributed by atoms with Crippen molar-refractivity contribution in [3.8, 4) is 5.88 Å². The molecule has 5 heteroatoms. The maximum absolute atomic E-state index is 12.2. The summed E-state index contributed by atoms with van der Waals surface area (Å²) in [6, 6.07) is 4.07. The molecule has 0 aliphatic heterocycles. The van der Waals surface area contributed by atoms with Crippen LogP contribution in [0, 0.1) is 23.7 Å². The Labute approximate surface area is 137 Å². The van der Waals surface area contributed by atoms with Gasteiger partial charge in [-0.3, -0.25) is 0 Å². The van der Waals surface area contributed by atoms with Crippen molar-refractivity contribution in [1.82, 2.24) is 15.6 Å². The summed E-state index contributed by atoms with van der Waals surface area (Å²) < 4.78 is 5.10. The molecule has 1 aromatic heterocycles. The highest BCUT2D eigenvalue weighted by molar-refractivity contribution is 5.74. The summed E-state index contributed by atoms with van der Waals surface area (Å²) in [7, 11) is 1.59. The lowest BCUT2D eigenvalue weighted by Crippen LogP contribution is -2.46. The minimum atomic E-state index is -0.0483. The Morgan fingerprint density at radius 2 is 2.17 bits per heavy atom. The third kappa shape index (κ3) is 2.77. The second-order valence-electron chi connectivity index (χ2n) is 7.29. The monoisotopic (exact) mass is 315 g/mol. The molecule has 5 atom stereocenters. The fraction of sp³-hybridized carbons (Fsp3) is 0.667. The van der Waals surface area contributed by atoms with Crippen molar-refractivity contribution >= 4 is 6.03 Å². The van der Waals surface area contributed by atoms with Gasteiger partial charge in [-0.15, -0.1) is 0 Å². The molecule has 0 unspecified atom stereocenters. The lowest BCUT2D eigenvalue weighted by atomic mass is 9.79. The molecule has 1 heterocycles. The second-order valence-corrected chi connectivity index (χ2v) is 7.29. The topological polar surface area (TPSA) is 63.2 Å². The van der Waals surface area contributed by atoms with Gasteiger partial charge in [0.1, 0.15) is 0 Å². The number of methoxy groups -OCH3 is 1. The smallest absolute Gasteiger partial charge is 0.315 e. The summed E-state index contributed by atoms with van der Waals surface area (Å²) in [5.74, 6) is 4.00. The van der Waals surface area contributed by atoms with Crippen LogP contribution in [-0.2, 0) is 6.54 Å². The second kappa shape index (κ2) is 6.02. The SMILES string of the molecule is COc1cc(CNC(=O)N[C@@H]2C[C@H]3C[C@H]2[C@H]2CCC[C@@H]32)ccn1. The van der Waals surface area contributed by atoms with Crippen molar-refractivity contribution in [2.24, 2.45) is 23.7 Å². The van der Waals surface area contributed by atoms with Gasteiger partial charge >= 0.3 is 6.03 Å². The predicted octanol–water partition coefficient (Wildman–Crippen LogP) is 2.71. The molecule has 0 radical (unpaired) electrons. The Kier molecular flexibility index (Phi) is 3.87. The Morgan fingerprint density at radius 3 is 3.04 bits per heavy atom. The molecule has 2 N–H and O–H groups in total. The van der Waals surface area contributed by atoms with Crippen LogP contribution in [0.1, 0.15) is 37.7 Å². The van der Waals surface area contributed by atoms with Crippen LogP contribution in [0.5, 0.6) is 5.88 Å². The first-order valence-electron chi connectivity index (χ1n) is 8.78. The van der Waals surface area contributed by atoms with E-state index in [1.165, 1.54) is 32.1 Å². The van der Waals surface area contributed by atoms with Gasteiger partial charge < -0.3 is 15.4 Å².